The van der Waals surface area contributed by atoms with Gasteiger partial charge in [-0.15, -0.1) is 0 Å². The summed E-state index contributed by atoms with van der Waals surface area (Å²) in [4.78, 5) is 9.98. The maximum atomic E-state index is 13.8. The van der Waals surface area contributed by atoms with E-state index in [1.165, 1.54) is 31.4 Å². The number of rotatable bonds is 3. The third-order valence-corrected chi connectivity index (χ3v) is 3.63. The predicted molar refractivity (Wildman–Crippen MR) is 72.8 cm³/mol. The summed E-state index contributed by atoms with van der Waals surface area (Å²) in [6, 6.07) is 4.06. The molecule has 1 saturated carbocycles. The number of nitro benzene ring substituents is 1. The molecule has 1 aliphatic rings. The second-order valence-corrected chi connectivity index (χ2v) is 5.11. The molecule has 104 valence electrons. The van der Waals surface area contributed by atoms with Crippen molar-refractivity contribution in [2.75, 3.05) is 5.32 Å². The minimum atomic E-state index is -0.581. The zero-order chi connectivity index (χ0) is 13.7. The molecule has 1 aromatic rings. The summed E-state index contributed by atoms with van der Waals surface area (Å²) in [5, 5.41) is 13.7. The van der Waals surface area contributed by atoms with Crippen molar-refractivity contribution in [1.82, 2.24) is 0 Å². The number of benzene rings is 1. The maximum Gasteiger partial charge on any atom is 0.272 e. The molecule has 0 unspecified atom stereocenters. The molecule has 19 heavy (non-hydrogen) atoms. The molecule has 0 radical (unpaired) electrons. The Morgan fingerprint density at radius 3 is 2.37 bits per heavy atom. The fourth-order valence-electron chi connectivity index (χ4n) is 2.56. The fraction of sp³-hybridized carbons (Fsp3) is 0.571. The van der Waals surface area contributed by atoms with E-state index in [1.807, 2.05) is 0 Å². The topological polar surface area (TPSA) is 55.2 Å². The van der Waals surface area contributed by atoms with Gasteiger partial charge in [0.2, 0.25) is 0 Å². The summed E-state index contributed by atoms with van der Waals surface area (Å²) in [6.07, 6.45) is 8.16. The average Bonchev–Trinajstić information content (AvgIpc) is 2.34. The molecule has 0 aromatic heterocycles. The Morgan fingerprint density at radius 2 is 1.79 bits per heavy atom. The zero-order valence-electron chi connectivity index (χ0n) is 10.9. The summed E-state index contributed by atoms with van der Waals surface area (Å²) in [7, 11) is 0. The first-order chi connectivity index (χ1) is 9.16. The summed E-state index contributed by atoms with van der Waals surface area (Å²) >= 11 is 0. The summed E-state index contributed by atoms with van der Waals surface area (Å²) < 4.78 is 13.8. The maximum absolute atomic E-state index is 13.8. The van der Waals surface area contributed by atoms with Gasteiger partial charge in [-0.2, -0.15) is 0 Å². The molecule has 1 fully saturated rings. The van der Waals surface area contributed by atoms with Crippen molar-refractivity contribution in [2.45, 2.75) is 51.0 Å². The predicted octanol–water partition coefficient (Wildman–Crippen LogP) is 4.26. The first-order valence-electron chi connectivity index (χ1n) is 6.87. The van der Waals surface area contributed by atoms with Gasteiger partial charge in [0.25, 0.3) is 5.69 Å². The average molecular weight is 266 g/mol. The Labute approximate surface area is 112 Å². The van der Waals surface area contributed by atoms with Crippen LogP contribution in [0.5, 0.6) is 0 Å². The van der Waals surface area contributed by atoms with Crippen LogP contribution in [0.2, 0.25) is 0 Å². The van der Waals surface area contributed by atoms with Gasteiger partial charge >= 0.3 is 0 Å². The Balaban J connectivity index is 2.03. The molecule has 2 rings (SSSR count). The number of hydrogen-bond acceptors (Lipinski definition) is 3. The molecule has 1 aromatic carbocycles. The van der Waals surface area contributed by atoms with E-state index >= 15 is 0 Å². The molecule has 0 heterocycles. The molecule has 0 spiro atoms. The Hall–Kier alpha value is -1.65. The van der Waals surface area contributed by atoms with E-state index in [0.717, 1.165) is 31.7 Å². The van der Waals surface area contributed by atoms with E-state index in [2.05, 4.69) is 5.32 Å². The van der Waals surface area contributed by atoms with E-state index in [4.69, 9.17) is 0 Å². The lowest BCUT2D eigenvalue weighted by Crippen LogP contribution is -2.21. The third-order valence-electron chi connectivity index (χ3n) is 3.63. The third kappa shape index (κ3) is 3.91. The standard InChI is InChI=1S/C14H19FN2O2/c15-13-10-12(17(18)19)8-9-14(13)16-11-6-4-2-1-3-5-7-11/h8-11,16H,1-7H2. The Kier molecular flexibility index (Phi) is 4.71. The van der Waals surface area contributed by atoms with Crippen LogP contribution in [0.4, 0.5) is 15.8 Å². The molecule has 4 nitrogen and oxygen atoms in total. The molecule has 1 N–H and O–H groups in total. The molecular formula is C14H19FN2O2. The van der Waals surface area contributed by atoms with Crippen LogP contribution in [0.15, 0.2) is 18.2 Å². The minimum absolute atomic E-state index is 0.208. The lowest BCUT2D eigenvalue weighted by Gasteiger charge is -2.22. The van der Waals surface area contributed by atoms with E-state index in [9.17, 15) is 14.5 Å². The molecule has 0 bridgehead atoms. The lowest BCUT2D eigenvalue weighted by atomic mass is 9.96. The van der Waals surface area contributed by atoms with Crippen LogP contribution < -0.4 is 5.32 Å². The number of non-ortho nitro benzene ring substituents is 1. The normalized spacial score (nSPS) is 17.5. The molecule has 0 amide bonds. The van der Waals surface area contributed by atoms with Gasteiger partial charge in [0.15, 0.2) is 5.82 Å². The first-order valence-corrected chi connectivity index (χ1v) is 6.87. The van der Waals surface area contributed by atoms with Crippen molar-refractivity contribution in [3.8, 4) is 0 Å². The van der Waals surface area contributed by atoms with Crippen molar-refractivity contribution in [1.29, 1.82) is 0 Å². The van der Waals surface area contributed by atoms with Gasteiger partial charge in [-0.05, 0) is 18.9 Å². The molecule has 1 aliphatic carbocycles. The summed E-state index contributed by atoms with van der Waals surface area (Å²) in [5.41, 5.74) is 0.164. The summed E-state index contributed by atoms with van der Waals surface area (Å²) in [5.74, 6) is -0.545. The Bertz CT molecular complexity index is 443. The van der Waals surface area contributed by atoms with E-state index in [1.54, 1.807) is 0 Å². The Morgan fingerprint density at radius 1 is 1.16 bits per heavy atom. The van der Waals surface area contributed by atoms with Gasteiger partial charge in [-0.1, -0.05) is 32.1 Å². The van der Waals surface area contributed by atoms with E-state index < -0.39 is 10.7 Å². The van der Waals surface area contributed by atoms with Crippen molar-refractivity contribution in [3.05, 3.63) is 34.1 Å². The van der Waals surface area contributed by atoms with Gasteiger partial charge < -0.3 is 5.32 Å². The first kappa shape index (κ1) is 13.8. The minimum Gasteiger partial charge on any atom is -0.380 e. The van der Waals surface area contributed by atoms with Crippen molar-refractivity contribution >= 4 is 11.4 Å². The van der Waals surface area contributed by atoms with Crippen molar-refractivity contribution < 1.29 is 9.31 Å². The van der Waals surface area contributed by atoms with Crippen LogP contribution in [0, 0.1) is 15.9 Å². The number of anilines is 1. The quantitative estimate of drug-likeness (QED) is 0.657. The molecule has 5 heteroatoms. The van der Waals surface area contributed by atoms with E-state index in [-0.39, 0.29) is 11.7 Å². The van der Waals surface area contributed by atoms with E-state index in [0.29, 0.717) is 5.69 Å². The molecule has 0 saturated heterocycles. The van der Waals surface area contributed by atoms with Crippen LogP contribution in [0.3, 0.4) is 0 Å². The highest BCUT2D eigenvalue weighted by Crippen LogP contribution is 2.24. The molecular weight excluding hydrogens is 247 g/mol. The van der Waals surface area contributed by atoms with Crippen LogP contribution in [-0.4, -0.2) is 11.0 Å². The number of halogens is 1. The van der Waals surface area contributed by atoms with Crippen LogP contribution in [0.1, 0.15) is 44.9 Å². The van der Waals surface area contributed by atoms with Crippen LogP contribution in [-0.2, 0) is 0 Å². The lowest BCUT2D eigenvalue weighted by molar-refractivity contribution is -0.385. The number of nitrogens with zero attached hydrogens (tertiary/aromatic N) is 1. The second kappa shape index (κ2) is 6.50. The monoisotopic (exact) mass is 266 g/mol. The van der Waals surface area contributed by atoms with Gasteiger partial charge in [-0.3, -0.25) is 10.1 Å². The summed E-state index contributed by atoms with van der Waals surface area (Å²) in [6.45, 7) is 0. The SMILES string of the molecule is O=[N+]([O-])c1ccc(NC2CCCCCCC2)c(F)c1. The van der Waals surface area contributed by atoms with Gasteiger partial charge in [0.1, 0.15) is 0 Å². The fourth-order valence-corrected chi connectivity index (χ4v) is 2.56. The van der Waals surface area contributed by atoms with Gasteiger partial charge in [0.05, 0.1) is 16.7 Å². The second-order valence-electron chi connectivity index (χ2n) is 5.11. The number of nitrogens with one attached hydrogen (secondary N) is 1. The smallest absolute Gasteiger partial charge is 0.272 e. The highest BCUT2D eigenvalue weighted by Gasteiger charge is 2.15. The van der Waals surface area contributed by atoms with Crippen LogP contribution in [0.25, 0.3) is 0 Å². The number of hydrogen-bond donors (Lipinski definition) is 1. The van der Waals surface area contributed by atoms with Gasteiger partial charge in [-0.25, -0.2) is 4.39 Å². The van der Waals surface area contributed by atoms with Gasteiger partial charge in [0, 0.05) is 12.1 Å². The van der Waals surface area contributed by atoms with Crippen LogP contribution >= 0.6 is 0 Å². The van der Waals surface area contributed by atoms with Crippen molar-refractivity contribution in [2.24, 2.45) is 0 Å². The molecule has 0 aliphatic heterocycles. The molecule has 0 atom stereocenters. The highest BCUT2D eigenvalue weighted by molar-refractivity contribution is 5.50. The largest absolute Gasteiger partial charge is 0.380 e. The highest BCUT2D eigenvalue weighted by atomic mass is 19.1. The number of nitro groups is 1. The van der Waals surface area contributed by atoms with Crippen molar-refractivity contribution in [3.63, 3.8) is 0 Å². The zero-order valence-corrected chi connectivity index (χ0v) is 10.9.